The lowest BCUT2D eigenvalue weighted by Crippen LogP contribution is -2.55. The quantitative estimate of drug-likeness (QED) is 0.519. The van der Waals surface area contributed by atoms with Crippen molar-refractivity contribution < 1.29 is 26.6 Å². The van der Waals surface area contributed by atoms with E-state index in [0.29, 0.717) is 4.41 Å². The third-order valence-electron chi connectivity index (χ3n) is 3.45. The second-order valence-electron chi connectivity index (χ2n) is 4.83. The largest absolute Gasteiger partial charge is 0.483 e. The number of ether oxygens (including phenoxy) is 1. The van der Waals surface area contributed by atoms with Gasteiger partial charge in [0.05, 0.1) is 11.3 Å². The van der Waals surface area contributed by atoms with E-state index in [1.165, 1.54) is 17.9 Å². The summed E-state index contributed by atoms with van der Waals surface area (Å²) in [5.41, 5.74) is -0.618. The standard InChI is InChI=1S/C12H8BrF4N3O2S/c1-5-11(21)20(23-17)18-10-4-22-9-2-6(12(14,15)16)7(13)3-8(9)19(5)10/h2-3,5H,4H2,1H3. The number of carbonyl (C=O) groups is 1. The number of rotatable bonds is 1. The lowest BCUT2D eigenvalue weighted by Gasteiger charge is -2.40. The van der Waals surface area contributed by atoms with E-state index in [0.717, 1.165) is 6.07 Å². The van der Waals surface area contributed by atoms with Gasteiger partial charge in [-0.25, -0.2) is 0 Å². The highest BCUT2D eigenvalue weighted by Crippen LogP contribution is 2.44. The Morgan fingerprint density at radius 3 is 2.74 bits per heavy atom. The first kappa shape index (κ1) is 16.4. The summed E-state index contributed by atoms with van der Waals surface area (Å²) in [5.74, 6) is -0.396. The summed E-state index contributed by atoms with van der Waals surface area (Å²) in [6.07, 6.45) is -4.55. The number of anilines is 1. The molecule has 1 unspecified atom stereocenters. The molecule has 124 valence electrons. The summed E-state index contributed by atoms with van der Waals surface area (Å²) in [6, 6.07) is 1.26. The van der Waals surface area contributed by atoms with Gasteiger partial charge in [0.1, 0.15) is 18.4 Å². The Balaban J connectivity index is 2.11. The van der Waals surface area contributed by atoms with Gasteiger partial charge in [0.25, 0.3) is 5.91 Å². The molecule has 0 radical (unpaired) electrons. The number of benzene rings is 1. The molecule has 0 saturated carbocycles. The van der Waals surface area contributed by atoms with Crippen molar-refractivity contribution in [2.24, 2.45) is 5.10 Å². The highest BCUT2D eigenvalue weighted by Gasteiger charge is 2.41. The molecule has 2 aliphatic rings. The number of amides is 1. The van der Waals surface area contributed by atoms with E-state index in [-0.39, 0.29) is 40.7 Å². The van der Waals surface area contributed by atoms with Crippen LogP contribution < -0.4 is 9.64 Å². The van der Waals surface area contributed by atoms with Crippen LogP contribution >= 0.6 is 28.3 Å². The molecule has 1 atom stereocenters. The van der Waals surface area contributed by atoms with E-state index < -0.39 is 23.7 Å². The molecule has 2 aliphatic heterocycles. The third-order valence-corrected chi connectivity index (χ3v) is 4.50. The van der Waals surface area contributed by atoms with Crippen molar-refractivity contribution in [3.63, 3.8) is 0 Å². The Bertz CT molecular complexity index is 712. The van der Waals surface area contributed by atoms with E-state index in [2.05, 4.69) is 21.0 Å². The van der Waals surface area contributed by atoms with E-state index >= 15 is 0 Å². The lowest BCUT2D eigenvalue weighted by atomic mass is 10.1. The van der Waals surface area contributed by atoms with E-state index in [1.54, 1.807) is 0 Å². The number of amidine groups is 1. The smallest absolute Gasteiger partial charge is 0.417 e. The number of nitrogens with zero attached hydrogens (tertiary/aromatic N) is 3. The summed E-state index contributed by atoms with van der Waals surface area (Å²) in [6.45, 7) is 1.35. The molecule has 2 heterocycles. The molecule has 23 heavy (non-hydrogen) atoms. The van der Waals surface area contributed by atoms with E-state index in [4.69, 9.17) is 4.74 Å². The number of carbonyl (C=O) groups excluding carboxylic acids is 1. The number of fused-ring (bicyclic) bond motifs is 3. The summed E-state index contributed by atoms with van der Waals surface area (Å²) in [7, 11) is 0. The normalized spacial score (nSPS) is 20.7. The van der Waals surface area contributed by atoms with Crippen LogP contribution in [0.3, 0.4) is 0 Å². The molecular weight excluding hydrogens is 406 g/mol. The van der Waals surface area contributed by atoms with Crippen LogP contribution in [0.2, 0.25) is 0 Å². The van der Waals surface area contributed by atoms with Crippen molar-refractivity contribution >= 4 is 45.7 Å². The molecule has 0 saturated heterocycles. The monoisotopic (exact) mass is 413 g/mol. The van der Waals surface area contributed by atoms with Gasteiger partial charge < -0.3 is 9.64 Å². The zero-order valence-electron chi connectivity index (χ0n) is 11.4. The van der Waals surface area contributed by atoms with Crippen molar-refractivity contribution in [3.05, 3.63) is 22.2 Å². The maximum absolute atomic E-state index is 13.0. The Labute approximate surface area is 140 Å². The second kappa shape index (κ2) is 5.55. The van der Waals surface area contributed by atoms with Gasteiger partial charge in [-0.15, -0.1) is 13.4 Å². The van der Waals surface area contributed by atoms with Crippen molar-refractivity contribution in [3.8, 4) is 5.75 Å². The first-order valence-corrected chi connectivity index (χ1v) is 7.73. The van der Waals surface area contributed by atoms with Crippen LogP contribution in [0.1, 0.15) is 12.5 Å². The van der Waals surface area contributed by atoms with Gasteiger partial charge in [-0.1, -0.05) is 15.9 Å². The molecular formula is C12H8BrF4N3O2S. The van der Waals surface area contributed by atoms with Crippen LogP contribution in [0.15, 0.2) is 21.7 Å². The number of halogens is 5. The minimum absolute atomic E-state index is 0.0134. The molecule has 3 rings (SSSR count). The van der Waals surface area contributed by atoms with Crippen molar-refractivity contribution in [2.45, 2.75) is 19.1 Å². The van der Waals surface area contributed by atoms with E-state index in [9.17, 15) is 21.9 Å². The van der Waals surface area contributed by atoms with Gasteiger partial charge in [0, 0.05) is 4.47 Å². The van der Waals surface area contributed by atoms with Gasteiger partial charge >= 0.3 is 6.18 Å². The lowest BCUT2D eigenvalue weighted by molar-refractivity contribution is -0.138. The fourth-order valence-corrected chi connectivity index (χ4v) is 3.30. The Morgan fingerprint density at radius 1 is 1.43 bits per heavy atom. The van der Waals surface area contributed by atoms with Gasteiger partial charge in [-0.05, 0) is 19.1 Å². The zero-order valence-corrected chi connectivity index (χ0v) is 13.8. The Kier molecular flexibility index (Phi) is 3.95. The minimum Gasteiger partial charge on any atom is -0.483 e. The predicted octanol–water partition coefficient (Wildman–Crippen LogP) is 3.74. The molecule has 11 heteroatoms. The molecule has 0 bridgehead atoms. The number of hydrogen-bond donors (Lipinski definition) is 0. The fraction of sp³-hybridized carbons (Fsp3) is 0.333. The van der Waals surface area contributed by atoms with Crippen molar-refractivity contribution in [1.82, 2.24) is 4.41 Å². The summed E-state index contributed by atoms with van der Waals surface area (Å²) >= 11 is 2.55. The van der Waals surface area contributed by atoms with Gasteiger partial charge in [0.15, 0.2) is 18.2 Å². The van der Waals surface area contributed by atoms with Crippen LogP contribution in [0.5, 0.6) is 5.75 Å². The van der Waals surface area contributed by atoms with Crippen molar-refractivity contribution in [2.75, 3.05) is 11.5 Å². The first-order valence-electron chi connectivity index (χ1n) is 6.27. The average molecular weight is 414 g/mol. The molecule has 0 fully saturated rings. The zero-order chi connectivity index (χ0) is 16.9. The molecule has 1 aromatic carbocycles. The van der Waals surface area contributed by atoms with Crippen LogP contribution in [-0.2, 0) is 11.0 Å². The van der Waals surface area contributed by atoms with Crippen LogP contribution in [-0.4, -0.2) is 28.8 Å². The molecule has 0 aliphatic carbocycles. The number of hydrogen-bond acceptors (Lipinski definition) is 5. The van der Waals surface area contributed by atoms with Crippen LogP contribution in [0.25, 0.3) is 0 Å². The first-order chi connectivity index (χ1) is 10.7. The SMILES string of the molecule is CC1C(=O)N(SF)N=C2COc3cc(C(F)(F)F)c(Br)cc3N21. The molecule has 0 aromatic heterocycles. The maximum atomic E-state index is 13.0. The summed E-state index contributed by atoms with van der Waals surface area (Å²) in [5, 5.41) is 3.81. The summed E-state index contributed by atoms with van der Waals surface area (Å²) in [4.78, 5) is 13.5. The summed E-state index contributed by atoms with van der Waals surface area (Å²) < 4.78 is 57.3. The average Bonchev–Trinajstić information content (AvgIpc) is 2.48. The molecule has 0 spiro atoms. The van der Waals surface area contributed by atoms with Gasteiger partial charge in [0.2, 0.25) is 0 Å². The minimum atomic E-state index is -4.55. The Morgan fingerprint density at radius 2 is 2.13 bits per heavy atom. The topological polar surface area (TPSA) is 45.1 Å². The molecule has 0 N–H and O–H groups in total. The van der Waals surface area contributed by atoms with Crippen LogP contribution in [0, 0.1) is 0 Å². The predicted molar refractivity (Wildman–Crippen MR) is 79.6 cm³/mol. The number of hydrazone groups is 1. The van der Waals surface area contributed by atoms with E-state index in [1.807, 2.05) is 0 Å². The second-order valence-corrected chi connectivity index (χ2v) is 6.17. The van der Waals surface area contributed by atoms with Gasteiger partial charge in [-0.3, -0.25) is 4.79 Å². The van der Waals surface area contributed by atoms with Crippen molar-refractivity contribution in [1.29, 1.82) is 0 Å². The molecule has 5 nitrogen and oxygen atoms in total. The number of alkyl halides is 3. The molecule has 1 aromatic rings. The molecule has 1 amide bonds. The Hall–Kier alpha value is -1.49. The maximum Gasteiger partial charge on any atom is 0.417 e. The fourth-order valence-electron chi connectivity index (χ4n) is 2.40. The van der Waals surface area contributed by atoms with Crippen LogP contribution in [0.4, 0.5) is 22.7 Å². The third kappa shape index (κ3) is 2.65. The highest BCUT2D eigenvalue weighted by atomic mass is 79.9. The highest BCUT2D eigenvalue weighted by molar-refractivity contribution is 9.10. The van der Waals surface area contributed by atoms with Gasteiger partial charge in [-0.2, -0.15) is 13.2 Å².